The lowest BCUT2D eigenvalue weighted by Gasteiger charge is -1.96. The van der Waals surface area contributed by atoms with Crippen LogP contribution in [0.15, 0.2) is 11.6 Å². The van der Waals surface area contributed by atoms with E-state index in [4.69, 9.17) is 0 Å². The number of aliphatic hydroxyl groups is 1. The Labute approximate surface area is 79.2 Å². The van der Waals surface area contributed by atoms with Gasteiger partial charge in [-0.15, -0.1) is 0 Å². The van der Waals surface area contributed by atoms with Crippen LogP contribution in [-0.2, 0) is 15.3 Å². The molecule has 0 saturated carbocycles. The smallest absolute Gasteiger partial charge is 0.360 e. The molecule has 13 heavy (non-hydrogen) atoms. The van der Waals surface area contributed by atoms with Crippen LogP contribution in [0, 0.1) is 0 Å². The van der Waals surface area contributed by atoms with Gasteiger partial charge in [-0.25, -0.2) is 9.78 Å². The van der Waals surface area contributed by atoms with Crippen LogP contribution in [-0.4, -0.2) is 23.2 Å². The van der Waals surface area contributed by atoms with Gasteiger partial charge in [-0.05, 0) is 6.92 Å². The van der Waals surface area contributed by atoms with Crippen LogP contribution < -0.4 is 0 Å². The number of carbonyl (C=O) groups excluding carboxylic acids is 1. The molecular weight excluding hydrogens is 190 g/mol. The van der Waals surface area contributed by atoms with E-state index < -0.39 is 6.10 Å². The molecule has 1 rings (SSSR count). The van der Waals surface area contributed by atoms with Crippen molar-refractivity contribution in [1.82, 2.24) is 4.98 Å². The van der Waals surface area contributed by atoms with Crippen molar-refractivity contribution in [3.63, 3.8) is 0 Å². The number of ether oxygens (including phenoxy) is 1. The second kappa shape index (κ2) is 4.34. The van der Waals surface area contributed by atoms with Crippen LogP contribution in [0.2, 0.25) is 0 Å². The van der Waals surface area contributed by atoms with Crippen molar-refractivity contribution in [3.8, 4) is 0 Å². The molecule has 4 nitrogen and oxygen atoms in total. The van der Waals surface area contributed by atoms with Crippen molar-refractivity contribution in [1.29, 1.82) is 0 Å². The SMILES string of the molecule is COC(=O)C[s+]1ccnc1C(C)O. The number of esters is 1. The molecule has 1 aromatic rings. The van der Waals surface area contributed by atoms with Gasteiger partial charge in [-0.1, -0.05) is 0 Å². The monoisotopic (exact) mass is 202 g/mol. The average molecular weight is 202 g/mol. The number of methoxy groups -OCH3 is 1. The Kier molecular flexibility index (Phi) is 3.39. The second-order valence-electron chi connectivity index (χ2n) is 2.58. The number of thiazole rings is 1. The van der Waals surface area contributed by atoms with Gasteiger partial charge < -0.3 is 9.84 Å². The van der Waals surface area contributed by atoms with E-state index in [1.165, 1.54) is 7.11 Å². The maximum absolute atomic E-state index is 11.0. The largest absolute Gasteiger partial charge is 0.465 e. The van der Waals surface area contributed by atoms with Crippen molar-refractivity contribution in [2.24, 2.45) is 0 Å². The molecule has 2 unspecified atom stereocenters. The van der Waals surface area contributed by atoms with E-state index >= 15 is 0 Å². The molecule has 0 aliphatic heterocycles. The summed E-state index contributed by atoms with van der Waals surface area (Å²) in [6.07, 6.45) is 1.02. The summed E-state index contributed by atoms with van der Waals surface area (Å²) < 4.78 is 4.54. The topological polar surface area (TPSA) is 59.4 Å². The molecule has 0 bridgehead atoms. The maximum atomic E-state index is 11.0. The lowest BCUT2D eigenvalue weighted by Crippen LogP contribution is -2.02. The summed E-state index contributed by atoms with van der Waals surface area (Å²) in [5.74, 6) is -0.000247. The molecule has 0 aliphatic carbocycles. The summed E-state index contributed by atoms with van der Waals surface area (Å²) in [7, 11) is 0.972. The first-order chi connectivity index (χ1) is 6.15. The van der Waals surface area contributed by atoms with Gasteiger partial charge in [0.2, 0.25) is 5.75 Å². The molecule has 0 aliphatic rings. The highest BCUT2D eigenvalue weighted by atomic mass is 32.2. The molecule has 0 amide bonds. The second-order valence-corrected chi connectivity index (χ2v) is 4.41. The van der Waals surface area contributed by atoms with E-state index in [1.807, 2.05) is 5.38 Å². The molecule has 1 N–H and O–H groups in total. The normalized spacial score (nSPS) is 13.9. The molecule has 0 radical (unpaired) electrons. The summed E-state index contributed by atoms with van der Waals surface area (Å²) in [4.78, 5) is 14.9. The number of hydrogen-bond acceptors (Lipinski definition) is 4. The number of nitrogens with zero attached hydrogens (tertiary/aromatic N) is 1. The highest BCUT2D eigenvalue weighted by Crippen LogP contribution is 2.28. The molecule has 1 heterocycles. The lowest BCUT2D eigenvalue weighted by atomic mass is 10.4. The van der Waals surface area contributed by atoms with Gasteiger partial charge in [0.05, 0.1) is 13.3 Å². The quantitative estimate of drug-likeness (QED) is 0.588. The highest BCUT2D eigenvalue weighted by molar-refractivity contribution is 7.30. The van der Waals surface area contributed by atoms with Gasteiger partial charge in [0.25, 0.3) is 5.01 Å². The minimum atomic E-state index is -0.594. The Morgan fingerprint density at radius 2 is 2.54 bits per heavy atom. The predicted octanol–water partition coefficient (Wildman–Crippen LogP) is 1.06. The third-order valence-corrected chi connectivity index (χ3v) is 3.53. The Morgan fingerprint density at radius 3 is 3.08 bits per heavy atom. The first-order valence-electron chi connectivity index (χ1n) is 3.84. The van der Waals surface area contributed by atoms with Gasteiger partial charge in [-0.3, -0.25) is 0 Å². The van der Waals surface area contributed by atoms with E-state index in [1.54, 1.807) is 13.1 Å². The first-order valence-corrected chi connectivity index (χ1v) is 5.29. The number of carbonyl (C=O) groups is 1. The number of rotatable bonds is 3. The summed E-state index contributed by atoms with van der Waals surface area (Å²) in [6, 6.07) is 0. The summed E-state index contributed by atoms with van der Waals surface area (Å²) in [5, 5.41) is 11.8. The van der Waals surface area contributed by atoms with Gasteiger partial charge in [-0.2, -0.15) is 0 Å². The Bertz CT molecular complexity index is 295. The Balaban J connectivity index is 2.76. The fourth-order valence-corrected chi connectivity index (χ4v) is 2.55. The van der Waals surface area contributed by atoms with Crippen LogP contribution in [0.5, 0.6) is 0 Å². The zero-order chi connectivity index (χ0) is 9.84. The third kappa shape index (κ3) is 2.50. The van der Waals surface area contributed by atoms with Gasteiger partial charge >= 0.3 is 5.97 Å². The average Bonchev–Trinajstić information content (AvgIpc) is 2.52. The van der Waals surface area contributed by atoms with Crippen LogP contribution in [0.4, 0.5) is 0 Å². The zero-order valence-electron chi connectivity index (χ0n) is 7.56. The molecular formula is C8H12NO3S+. The number of aliphatic hydroxyl groups excluding tert-OH is 1. The van der Waals surface area contributed by atoms with Crippen LogP contribution >= 0.6 is 10.5 Å². The Morgan fingerprint density at radius 1 is 1.85 bits per heavy atom. The fourth-order valence-electron chi connectivity index (χ4n) is 0.950. The van der Waals surface area contributed by atoms with Crippen molar-refractivity contribution >= 4 is 16.4 Å². The van der Waals surface area contributed by atoms with Gasteiger partial charge in [0.1, 0.15) is 6.10 Å². The van der Waals surface area contributed by atoms with E-state index in [0.717, 1.165) is 0 Å². The molecule has 2 atom stereocenters. The van der Waals surface area contributed by atoms with Crippen molar-refractivity contribution in [2.45, 2.75) is 18.8 Å². The third-order valence-electron chi connectivity index (χ3n) is 1.55. The van der Waals surface area contributed by atoms with Crippen LogP contribution in [0.3, 0.4) is 0 Å². The maximum Gasteiger partial charge on any atom is 0.360 e. The van der Waals surface area contributed by atoms with Gasteiger partial charge in [0, 0.05) is 10.5 Å². The van der Waals surface area contributed by atoms with E-state index in [2.05, 4.69) is 9.72 Å². The molecule has 5 heteroatoms. The predicted molar refractivity (Wildman–Crippen MR) is 49.4 cm³/mol. The molecule has 0 fully saturated rings. The summed E-state index contributed by atoms with van der Waals surface area (Å²) in [5.41, 5.74) is 0. The summed E-state index contributed by atoms with van der Waals surface area (Å²) in [6.45, 7) is 1.64. The van der Waals surface area contributed by atoms with E-state index in [0.29, 0.717) is 5.01 Å². The zero-order valence-corrected chi connectivity index (χ0v) is 8.37. The standard InChI is InChI=1S/C8H12NO3S/c1-6(10)8-9-3-4-13(8)5-7(11)12-2/h3-4,6,10H,5H2,1-2H3/q+1. The molecule has 1 aromatic heterocycles. The van der Waals surface area contributed by atoms with Gasteiger partial charge in [0.15, 0.2) is 5.38 Å². The first kappa shape index (κ1) is 10.1. The Hall–Kier alpha value is -0.940. The van der Waals surface area contributed by atoms with Crippen LogP contribution in [0.25, 0.3) is 0 Å². The van der Waals surface area contributed by atoms with Crippen molar-refractivity contribution < 1.29 is 14.6 Å². The molecule has 72 valence electrons. The van der Waals surface area contributed by atoms with Crippen molar-refractivity contribution in [3.05, 3.63) is 16.6 Å². The summed E-state index contributed by atoms with van der Waals surface area (Å²) >= 11 is 0. The minimum Gasteiger partial charge on any atom is -0.465 e. The molecule has 0 saturated heterocycles. The van der Waals surface area contributed by atoms with E-state index in [9.17, 15) is 9.90 Å². The lowest BCUT2D eigenvalue weighted by molar-refractivity contribution is -0.138. The van der Waals surface area contributed by atoms with Crippen molar-refractivity contribution in [2.75, 3.05) is 7.11 Å². The molecule has 0 aromatic carbocycles. The molecule has 0 spiro atoms. The highest BCUT2D eigenvalue weighted by Gasteiger charge is 2.22. The van der Waals surface area contributed by atoms with Crippen LogP contribution in [0.1, 0.15) is 18.0 Å². The van der Waals surface area contributed by atoms with E-state index in [-0.39, 0.29) is 22.2 Å². The number of hydrogen-bond donors (Lipinski definition) is 1. The number of aromatic nitrogens is 1. The fraction of sp³-hybridized carbons (Fsp3) is 0.500. The minimum absolute atomic E-state index is 0.275.